The first kappa shape index (κ1) is 9.13. The van der Waals surface area contributed by atoms with Crippen LogP contribution in [0.5, 0.6) is 0 Å². The number of hydrogen-bond donors (Lipinski definition) is 1. The molecule has 0 amide bonds. The summed E-state index contributed by atoms with van der Waals surface area (Å²) in [6.07, 6.45) is 0. The lowest BCUT2D eigenvalue weighted by Crippen LogP contribution is -1.94. The Balaban J connectivity index is 2.33. The van der Waals surface area contributed by atoms with Gasteiger partial charge in [0, 0.05) is 0 Å². The summed E-state index contributed by atoms with van der Waals surface area (Å²) in [6.45, 7) is 0. The Labute approximate surface area is 83.9 Å². The molecule has 7 heteroatoms. The van der Waals surface area contributed by atoms with Gasteiger partial charge >= 0.3 is 5.97 Å². The molecule has 1 aromatic carbocycles. The van der Waals surface area contributed by atoms with Crippen molar-refractivity contribution < 1.29 is 9.90 Å². The molecule has 7 nitrogen and oxygen atoms in total. The van der Waals surface area contributed by atoms with Gasteiger partial charge in [0.2, 0.25) is 0 Å². The summed E-state index contributed by atoms with van der Waals surface area (Å²) in [4.78, 5) is 14.6. The Morgan fingerprint density at radius 2 is 2.00 bits per heavy atom. The second-order valence-electron chi connectivity index (χ2n) is 2.65. The molecule has 15 heavy (non-hydrogen) atoms. The molecule has 0 aliphatic carbocycles. The standard InChI is InChI=1S/C8H5N5O2/c14-7(15)5-2-1-3-6(4-5)9-8-10-12-13-11-8/h1-4H,(H,14,15). The SMILES string of the molecule is O=C(O)c1cccc(N=C2N=NN=N2)c1. The zero-order valence-corrected chi connectivity index (χ0v) is 7.40. The van der Waals surface area contributed by atoms with Gasteiger partial charge in [-0.15, -0.1) is 0 Å². The number of aromatic carboxylic acids is 1. The number of aliphatic imine (C=N–C) groups is 1. The minimum atomic E-state index is -1.01. The number of carbonyl (C=O) groups is 1. The Morgan fingerprint density at radius 3 is 2.67 bits per heavy atom. The number of carboxylic acids is 1. The largest absolute Gasteiger partial charge is 0.478 e. The van der Waals surface area contributed by atoms with Gasteiger partial charge in [-0.05, 0) is 28.6 Å². The van der Waals surface area contributed by atoms with Crippen LogP contribution in [-0.4, -0.2) is 17.0 Å². The zero-order chi connectivity index (χ0) is 10.7. The Hall–Kier alpha value is -2.44. The van der Waals surface area contributed by atoms with E-state index in [1.165, 1.54) is 12.1 Å². The maximum Gasteiger partial charge on any atom is 0.335 e. The molecule has 0 aromatic heterocycles. The van der Waals surface area contributed by atoms with E-state index in [1.807, 2.05) is 0 Å². The predicted octanol–water partition coefficient (Wildman–Crippen LogP) is 2.21. The first-order chi connectivity index (χ1) is 7.25. The van der Waals surface area contributed by atoms with Crippen LogP contribution in [0.3, 0.4) is 0 Å². The number of hydrogen-bond acceptors (Lipinski definition) is 4. The molecule has 0 atom stereocenters. The average Bonchev–Trinajstić information content (AvgIpc) is 2.71. The van der Waals surface area contributed by atoms with Gasteiger partial charge < -0.3 is 5.11 Å². The maximum atomic E-state index is 10.7. The molecule has 1 heterocycles. The molecule has 1 aliphatic rings. The van der Waals surface area contributed by atoms with Crippen molar-refractivity contribution in [2.24, 2.45) is 25.7 Å². The highest BCUT2D eigenvalue weighted by atomic mass is 16.4. The summed E-state index contributed by atoms with van der Waals surface area (Å²) in [5, 5.41) is 22.2. The second kappa shape index (κ2) is 3.74. The second-order valence-corrected chi connectivity index (χ2v) is 2.65. The molecule has 0 spiro atoms. The molecule has 74 valence electrons. The fraction of sp³-hybridized carbons (Fsp3) is 0. The third-order valence-corrected chi connectivity index (χ3v) is 1.63. The monoisotopic (exact) mass is 203 g/mol. The lowest BCUT2D eigenvalue weighted by atomic mass is 10.2. The minimum absolute atomic E-state index is 0.109. The number of carboxylic acid groups (broad SMARTS) is 1. The molecule has 1 aromatic rings. The number of nitrogens with zero attached hydrogens (tertiary/aromatic N) is 5. The quantitative estimate of drug-likeness (QED) is 0.796. The van der Waals surface area contributed by atoms with Crippen LogP contribution in [0, 0.1) is 0 Å². The molecule has 0 fully saturated rings. The van der Waals surface area contributed by atoms with Crippen LogP contribution in [0.15, 0.2) is 49.9 Å². The van der Waals surface area contributed by atoms with Gasteiger partial charge in [-0.2, -0.15) is 0 Å². The summed E-state index contributed by atoms with van der Waals surface area (Å²) in [6, 6.07) is 6.12. The highest BCUT2D eigenvalue weighted by Gasteiger charge is 2.04. The molecular weight excluding hydrogens is 198 g/mol. The van der Waals surface area contributed by atoms with Crippen LogP contribution >= 0.6 is 0 Å². The van der Waals surface area contributed by atoms with Gasteiger partial charge in [0.05, 0.1) is 11.3 Å². The first-order valence-electron chi connectivity index (χ1n) is 3.99. The Morgan fingerprint density at radius 1 is 1.27 bits per heavy atom. The van der Waals surface area contributed by atoms with Crippen molar-refractivity contribution in [3.05, 3.63) is 29.8 Å². The van der Waals surface area contributed by atoms with Gasteiger partial charge in [-0.3, -0.25) is 0 Å². The van der Waals surface area contributed by atoms with Crippen molar-refractivity contribution in [2.45, 2.75) is 0 Å². The molecule has 0 unspecified atom stereocenters. The highest BCUT2D eigenvalue weighted by Crippen LogP contribution is 2.16. The van der Waals surface area contributed by atoms with Gasteiger partial charge in [-0.25, -0.2) is 9.79 Å². The van der Waals surface area contributed by atoms with E-state index < -0.39 is 5.97 Å². The molecule has 0 radical (unpaired) electrons. The van der Waals surface area contributed by atoms with Crippen molar-refractivity contribution in [3.8, 4) is 0 Å². The van der Waals surface area contributed by atoms with Gasteiger partial charge in [0.1, 0.15) is 0 Å². The lowest BCUT2D eigenvalue weighted by Gasteiger charge is -1.95. The topological polar surface area (TPSA) is 99.1 Å². The van der Waals surface area contributed by atoms with Gasteiger partial charge in [-0.1, -0.05) is 16.3 Å². The average molecular weight is 203 g/mol. The van der Waals surface area contributed by atoms with Crippen LogP contribution in [0.25, 0.3) is 0 Å². The van der Waals surface area contributed by atoms with E-state index in [0.29, 0.717) is 5.69 Å². The fourth-order valence-corrected chi connectivity index (χ4v) is 1.01. The summed E-state index contributed by atoms with van der Waals surface area (Å²) in [7, 11) is 0. The normalized spacial score (nSPS) is 13.2. The van der Waals surface area contributed by atoms with E-state index in [2.05, 4.69) is 25.7 Å². The van der Waals surface area contributed by atoms with E-state index in [0.717, 1.165) is 0 Å². The number of guanidine groups is 1. The summed E-state index contributed by atoms with van der Waals surface area (Å²) >= 11 is 0. The number of benzene rings is 1. The molecule has 2 rings (SSSR count). The van der Waals surface area contributed by atoms with Crippen LogP contribution in [0.1, 0.15) is 10.4 Å². The Bertz CT molecular complexity index is 478. The van der Waals surface area contributed by atoms with Crippen molar-refractivity contribution in [2.75, 3.05) is 0 Å². The van der Waals surface area contributed by atoms with E-state index >= 15 is 0 Å². The Kier molecular flexibility index (Phi) is 2.28. The molecule has 0 saturated heterocycles. The number of rotatable bonds is 2. The van der Waals surface area contributed by atoms with Crippen molar-refractivity contribution in [3.63, 3.8) is 0 Å². The van der Waals surface area contributed by atoms with Crippen LogP contribution in [0.2, 0.25) is 0 Å². The predicted molar refractivity (Wildman–Crippen MR) is 50.2 cm³/mol. The van der Waals surface area contributed by atoms with Gasteiger partial charge in [0.25, 0.3) is 5.96 Å². The first-order valence-corrected chi connectivity index (χ1v) is 3.99. The molecule has 1 N–H and O–H groups in total. The molecule has 1 aliphatic heterocycles. The van der Waals surface area contributed by atoms with Crippen molar-refractivity contribution in [1.29, 1.82) is 0 Å². The summed E-state index contributed by atoms with van der Waals surface area (Å²) in [5.74, 6) is -0.899. The van der Waals surface area contributed by atoms with E-state index in [-0.39, 0.29) is 11.5 Å². The zero-order valence-electron chi connectivity index (χ0n) is 7.40. The summed E-state index contributed by atoms with van der Waals surface area (Å²) in [5.41, 5.74) is 0.605. The van der Waals surface area contributed by atoms with Crippen molar-refractivity contribution >= 4 is 17.6 Å². The third kappa shape index (κ3) is 2.08. The van der Waals surface area contributed by atoms with Gasteiger partial charge in [0.15, 0.2) is 0 Å². The smallest absolute Gasteiger partial charge is 0.335 e. The lowest BCUT2D eigenvalue weighted by molar-refractivity contribution is 0.0697. The third-order valence-electron chi connectivity index (χ3n) is 1.63. The molecule has 0 bridgehead atoms. The van der Waals surface area contributed by atoms with Crippen molar-refractivity contribution in [1.82, 2.24) is 0 Å². The van der Waals surface area contributed by atoms with E-state index in [1.54, 1.807) is 12.1 Å². The maximum absolute atomic E-state index is 10.7. The summed E-state index contributed by atoms with van der Waals surface area (Å²) < 4.78 is 0. The van der Waals surface area contributed by atoms with Crippen LogP contribution in [-0.2, 0) is 0 Å². The van der Waals surface area contributed by atoms with E-state index in [4.69, 9.17) is 5.11 Å². The fourth-order valence-electron chi connectivity index (χ4n) is 1.01. The van der Waals surface area contributed by atoms with E-state index in [9.17, 15) is 4.79 Å². The molecular formula is C8H5N5O2. The molecule has 0 saturated carbocycles. The highest BCUT2D eigenvalue weighted by molar-refractivity contribution is 5.89. The van der Waals surface area contributed by atoms with Crippen LogP contribution in [0.4, 0.5) is 5.69 Å². The minimum Gasteiger partial charge on any atom is -0.478 e. The van der Waals surface area contributed by atoms with Crippen LogP contribution < -0.4 is 0 Å².